The van der Waals surface area contributed by atoms with Gasteiger partial charge < -0.3 is 15.0 Å². The Labute approximate surface area is 145 Å². The van der Waals surface area contributed by atoms with E-state index in [1.807, 2.05) is 17.0 Å². The predicted octanol–water partition coefficient (Wildman–Crippen LogP) is 4.48. The lowest BCUT2D eigenvalue weighted by molar-refractivity contribution is 0.155. The Balaban J connectivity index is 1.46. The van der Waals surface area contributed by atoms with Gasteiger partial charge in [0.25, 0.3) is 0 Å². The van der Waals surface area contributed by atoms with Gasteiger partial charge in [-0.15, -0.1) is 0 Å². The second kappa shape index (κ2) is 8.41. The molecule has 0 radical (unpaired) electrons. The van der Waals surface area contributed by atoms with Crippen LogP contribution in [0.5, 0.6) is 5.75 Å². The number of carbonyl (C=O) groups excluding carboxylic acids is 1. The average Bonchev–Trinajstić information content (AvgIpc) is 2.62. The van der Waals surface area contributed by atoms with Crippen molar-refractivity contribution in [3.8, 4) is 5.75 Å². The molecule has 1 N–H and O–H groups in total. The molecule has 1 aromatic carbocycles. The quantitative estimate of drug-likeness (QED) is 0.884. The van der Waals surface area contributed by atoms with E-state index >= 15 is 0 Å². The minimum absolute atomic E-state index is 0.0599. The SMILES string of the molecule is CC1CCCCN1C(=O)NCc1ccc(OC2CCCCC2)cc1. The number of urea groups is 1. The first-order valence-corrected chi connectivity index (χ1v) is 9.52. The number of benzene rings is 1. The monoisotopic (exact) mass is 330 g/mol. The molecule has 0 spiro atoms. The number of likely N-dealkylation sites (tertiary alicyclic amines) is 1. The molecular weight excluding hydrogens is 300 g/mol. The van der Waals surface area contributed by atoms with Crippen LogP contribution >= 0.6 is 0 Å². The molecular formula is C20H30N2O2. The summed E-state index contributed by atoms with van der Waals surface area (Å²) in [5.74, 6) is 0.946. The molecule has 2 fully saturated rings. The van der Waals surface area contributed by atoms with E-state index in [1.54, 1.807) is 0 Å². The molecule has 1 aliphatic heterocycles. The maximum absolute atomic E-state index is 12.3. The normalized spacial score (nSPS) is 22.2. The Kier molecular flexibility index (Phi) is 6.00. The Hall–Kier alpha value is -1.71. The summed E-state index contributed by atoms with van der Waals surface area (Å²) < 4.78 is 6.05. The number of ether oxygens (including phenoxy) is 1. The lowest BCUT2D eigenvalue weighted by atomic mass is 9.98. The first-order chi connectivity index (χ1) is 11.7. The van der Waals surface area contributed by atoms with Gasteiger partial charge in [-0.3, -0.25) is 0 Å². The number of amides is 2. The van der Waals surface area contributed by atoms with E-state index in [0.717, 1.165) is 30.7 Å². The van der Waals surface area contributed by atoms with E-state index in [0.29, 0.717) is 18.7 Å². The summed E-state index contributed by atoms with van der Waals surface area (Å²) >= 11 is 0. The lowest BCUT2D eigenvalue weighted by Gasteiger charge is -2.33. The molecule has 1 atom stereocenters. The number of hydrogen-bond donors (Lipinski definition) is 1. The molecule has 1 saturated carbocycles. The number of carbonyl (C=O) groups is 1. The highest BCUT2D eigenvalue weighted by atomic mass is 16.5. The van der Waals surface area contributed by atoms with Crippen molar-refractivity contribution < 1.29 is 9.53 Å². The van der Waals surface area contributed by atoms with Crippen molar-refractivity contribution in [3.63, 3.8) is 0 Å². The first-order valence-electron chi connectivity index (χ1n) is 9.52. The number of piperidine rings is 1. The number of nitrogens with zero attached hydrogens (tertiary/aromatic N) is 1. The van der Waals surface area contributed by atoms with Crippen LogP contribution in [0.4, 0.5) is 4.79 Å². The minimum Gasteiger partial charge on any atom is -0.490 e. The molecule has 1 aromatic rings. The van der Waals surface area contributed by atoms with E-state index in [4.69, 9.17) is 4.74 Å². The summed E-state index contributed by atoms with van der Waals surface area (Å²) in [6.07, 6.45) is 10.1. The molecule has 1 unspecified atom stereocenters. The smallest absolute Gasteiger partial charge is 0.317 e. The lowest BCUT2D eigenvalue weighted by Crippen LogP contribution is -2.47. The van der Waals surface area contributed by atoms with Crippen LogP contribution in [0.25, 0.3) is 0 Å². The Morgan fingerprint density at radius 2 is 1.79 bits per heavy atom. The van der Waals surface area contributed by atoms with Gasteiger partial charge in [-0.05, 0) is 69.6 Å². The minimum atomic E-state index is 0.0599. The van der Waals surface area contributed by atoms with Crippen LogP contribution in [0.2, 0.25) is 0 Å². The predicted molar refractivity (Wildman–Crippen MR) is 96.2 cm³/mol. The summed E-state index contributed by atoms with van der Waals surface area (Å²) in [6, 6.07) is 8.57. The van der Waals surface area contributed by atoms with Crippen molar-refractivity contribution in [1.29, 1.82) is 0 Å². The number of rotatable bonds is 4. The highest BCUT2D eigenvalue weighted by Gasteiger charge is 2.22. The third-order valence-corrected chi connectivity index (χ3v) is 5.29. The van der Waals surface area contributed by atoms with E-state index in [2.05, 4.69) is 24.4 Å². The van der Waals surface area contributed by atoms with Gasteiger partial charge in [0.1, 0.15) is 5.75 Å². The fourth-order valence-corrected chi connectivity index (χ4v) is 3.74. The van der Waals surface area contributed by atoms with Crippen molar-refractivity contribution in [2.45, 2.75) is 77.0 Å². The third kappa shape index (κ3) is 4.65. The summed E-state index contributed by atoms with van der Waals surface area (Å²) in [6.45, 7) is 3.59. The molecule has 2 amide bonds. The highest BCUT2D eigenvalue weighted by Crippen LogP contribution is 2.23. The van der Waals surface area contributed by atoms with Crippen LogP contribution in [-0.2, 0) is 6.54 Å². The van der Waals surface area contributed by atoms with Gasteiger partial charge in [0, 0.05) is 19.1 Å². The average molecular weight is 330 g/mol. The van der Waals surface area contributed by atoms with E-state index in [-0.39, 0.29) is 6.03 Å². The van der Waals surface area contributed by atoms with Gasteiger partial charge in [0.15, 0.2) is 0 Å². The van der Waals surface area contributed by atoms with E-state index in [9.17, 15) is 4.79 Å². The maximum Gasteiger partial charge on any atom is 0.317 e. The van der Waals surface area contributed by atoms with Crippen molar-refractivity contribution in [2.75, 3.05) is 6.54 Å². The van der Waals surface area contributed by atoms with Gasteiger partial charge in [-0.25, -0.2) is 4.79 Å². The molecule has 4 nitrogen and oxygen atoms in total. The third-order valence-electron chi connectivity index (χ3n) is 5.29. The molecule has 2 aliphatic rings. The van der Waals surface area contributed by atoms with Crippen molar-refractivity contribution in [1.82, 2.24) is 10.2 Å². The molecule has 1 aliphatic carbocycles. The largest absolute Gasteiger partial charge is 0.490 e. The second-order valence-electron chi connectivity index (χ2n) is 7.22. The molecule has 4 heteroatoms. The zero-order valence-corrected chi connectivity index (χ0v) is 14.8. The zero-order valence-electron chi connectivity index (χ0n) is 14.8. The Morgan fingerprint density at radius 1 is 1.08 bits per heavy atom. The van der Waals surface area contributed by atoms with Gasteiger partial charge >= 0.3 is 6.03 Å². The Bertz CT molecular complexity index is 523. The standard InChI is InChI=1S/C20H30N2O2/c1-16-7-5-6-14-22(16)20(23)21-15-17-10-12-19(13-11-17)24-18-8-3-2-4-9-18/h10-13,16,18H,2-9,14-15H2,1H3,(H,21,23). The van der Waals surface area contributed by atoms with Crippen LogP contribution in [0.15, 0.2) is 24.3 Å². The van der Waals surface area contributed by atoms with E-state index < -0.39 is 0 Å². The molecule has 0 aromatic heterocycles. The second-order valence-corrected chi connectivity index (χ2v) is 7.22. The molecule has 1 saturated heterocycles. The van der Waals surface area contributed by atoms with Crippen molar-refractivity contribution in [3.05, 3.63) is 29.8 Å². The van der Waals surface area contributed by atoms with Crippen molar-refractivity contribution in [2.24, 2.45) is 0 Å². The number of nitrogens with one attached hydrogen (secondary N) is 1. The van der Waals surface area contributed by atoms with Crippen LogP contribution in [0.1, 0.15) is 63.9 Å². The van der Waals surface area contributed by atoms with Crippen LogP contribution < -0.4 is 10.1 Å². The van der Waals surface area contributed by atoms with Gasteiger partial charge in [0.2, 0.25) is 0 Å². The summed E-state index contributed by atoms with van der Waals surface area (Å²) in [5, 5.41) is 3.05. The van der Waals surface area contributed by atoms with Crippen LogP contribution in [0.3, 0.4) is 0 Å². The summed E-state index contributed by atoms with van der Waals surface area (Å²) in [4.78, 5) is 14.3. The summed E-state index contributed by atoms with van der Waals surface area (Å²) in [7, 11) is 0. The fourth-order valence-electron chi connectivity index (χ4n) is 3.74. The number of hydrogen-bond acceptors (Lipinski definition) is 2. The molecule has 24 heavy (non-hydrogen) atoms. The van der Waals surface area contributed by atoms with Crippen LogP contribution in [-0.4, -0.2) is 29.6 Å². The summed E-state index contributed by atoms with van der Waals surface area (Å²) in [5.41, 5.74) is 1.11. The van der Waals surface area contributed by atoms with Gasteiger partial charge in [-0.2, -0.15) is 0 Å². The van der Waals surface area contributed by atoms with E-state index in [1.165, 1.54) is 38.5 Å². The topological polar surface area (TPSA) is 41.6 Å². The Morgan fingerprint density at radius 3 is 2.50 bits per heavy atom. The first kappa shape index (κ1) is 17.1. The van der Waals surface area contributed by atoms with Crippen LogP contribution in [0, 0.1) is 0 Å². The maximum atomic E-state index is 12.3. The molecule has 3 rings (SSSR count). The van der Waals surface area contributed by atoms with Gasteiger partial charge in [0.05, 0.1) is 6.10 Å². The molecule has 1 heterocycles. The fraction of sp³-hybridized carbons (Fsp3) is 0.650. The molecule has 132 valence electrons. The van der Waals surface area contributed by atoms with Gasteiger partial charge in [-0.1, -0.05) is 18.6 Å². The molecule has 0 bridgehead atoms. The highest BCUT2D eigenvalue weighted by molar-refractivity contribution is 5.74. The van der Waals surface area contributed by atoms with Crippen molar-refractivity contribution >= 4 is 6.03 Å². The zero-order chi connectivity index (χ0) is 16.8.